The quantitative estimate of drug-likeness (QED) is 0.681. The van der Waals surface area contributed by atoms with Crippen molar-refractivity contribution in [1.82, 2.24) is 10.3 Å². The fourth-order valence-electron chi connectivity index (χ4n) is 3.44. The van der Waals surface area contributed by atoms with Crippen LogP contribution in [-0.2, 0) is 12.8 Å². The highest BCUT2D eigenvalue weighted by Gasteiger charge is 2.24. The van der Waals surface area contributed by atoms with E-state index < -0.39 is 0 Å². The molecule has 0 bridgehead atoms. The molecule has 1 aliphatic carbocycles. The molecule has 3 aromatic rings. The molecule has 3 nitrogen and oxygen atoms in total. The molecule has 0 spiro atoms. The number of para-hydroxylation sites is 1. The van der Waals surface area contributed by atoms with Crippen LogP contribution < -0.4 is 5.32 Å². The number of fused-ring (bicyclic) bond motifs is 3. The smallest absolute Gasteiger partial charge is 0.253 e. The van der Waals surface area contributed by atoms with Crippen LogP contribution in [0.25, 0.3) is 10.9 Å². The molecule has 1 aromatic heterocycles. The number of hydrogen-bond donors (Lipinski definition) is 2. The second-order valence-electron chi connectivity index (χ2n) is 6.17. The van der Waals surface area contributed by atoms with Gasteiger partial charge in [0.25, 0.3) is 5.91 Å². The molecule has 1 atom stereocenters. The van der Waals surface area contributed by atoms with E-state index in [1.807, 2.05) is 6.07 Å². The molecule has 2 N–H and O–H groups in total. The summed E-state index contributed by atoms with van der Waals surface area (Å²) in [4.78, 5) is 16.0. The van der Waals surface area contributed by atoms with Crippen LogP contribution in [0.1, 0.15) is 28.0 Å². The number of benzene rings is 2. The summed E-state index contributed by atoms with van der Waals surface area (Å²) in [6.45, 7) is 0. The molecule has 1 amide bonds. The SMILES string of the molecule is O=C(NC1CCc2c([nH]c3ccccc23)C1)c1cc(Cl)ccc1Cl. The van der Waals surface area contributed by atoms with E-state index in [1.165, 1.54) is 16.6 Å². The molecule has 5 heteroatoms. The Morgan fingerprint density at radius 3 is 2.88 bits per heavy atom. The van der Waals surface area contributed by atoms with Gasteiger partial charge in [-0.15, -0.1) is 0 Å². The van der Waals surface area contributed by atoms with E-state index in [0.29, 0.717) is 15.6 Å². The van der Waals surface area contributed by atoms with Gasteiger partial charge in [0.15, 0.2) is 0 Å². The number of rotatable bonds is 2. The standard InChI is InChI=1S/C19H16Cl2N2O/c20-11-5-8-16(21)15(9-11)19(24)22-12-6-7-14-13-3-1-2-4-17(13)23-18(14)10-12/h1-5,8-9,12,23H,6-7,10H2,(H,22,24). The lowest BCUT2D eigenvalue weighted by Crippen LogP contribution is -2.38. The van der Waals surface area contributed by atoms with Crippen LogP contribution in [-0.4, -0.2) is 16.9 Å². The second-order valence-corrected chi connectivity index (χ2v) is 7.01. The minimum absolute atomic E-state index is 0.0908. The van der Waals surface area contributed by atoms with Crippen molar-refractivity contribution < 1.29 is 4.79 Å². The molecule has 1 unspecified atom stereocenters. The third kappa shape index (κ3) is 2.79. The van der Waals surface area contributed by atoms with Crippen molar-refractivity contribution in [3.8, 4) is 0 Å². The van der Waals surface area contributed by atoms with Crippen LogP contribution in [0.3, 0.4) is 0 Å². The summed E-state index contributed by atoms with van der Waals surface area (Å²) in [7, 11) is 0. The van der Waals surface area contributed by atoms with E-state index in [9.17, 15) is 4.79 Å². The molecule has 1 aliphatic rings. The fraction of sp³-hybridized carbons (Fsp3) is 0.211. The minimum Gasteiger partial charge on any atom is -0.358 e. The third-order valence-corrected chi connectivity index (χ3v) is 5.17. The lowest BCUT2D eigenvalue weighted by Gasteiger charge is -2.23. The number of carbonyl (C=O) groups is 1. The number of aromatic nitrogens is 1. The summed E-state index contributed by atoms with van der Waals surface area (Å²) in [6, 6.07) is 13.4. The monoisotopic (exact) mass is 358 g/mol. The van der Waals surface area contributed by atoms with Crippen molar-refractivity contribution in [3.63, 3.8) is 0 Å². The van der Waals surface area contributed by atoms with Crippen molar-refractivity contribution in [2.24, 2.45) is 0 Å². The van der Waals surface area contributed by atoms with Gasteiger partial charge < -0.3 is 10.3 Å². The Bertz CT molecular complexity index is 932. The Morgan fingerprint density at radius 2 is 2.00 bits per heavy atom. The van der Waals surface area contributed by atoms with E-state index >= 15 is 0 Å². The van der Waals surface area contributed by atoms with E-state index in [-0.39, 0.29) is 11.9 Å². The van der Waals surface area contributed by atoms with Crippen molar-refractivity contribution in [1.29, 1.82) is 0 Å². The van der Waals surface area contributed by atoms with E-state index in [4.69, 9.17) is 23.2 Å². The minimum atomic E-state index is -0.174. The number of hydrogen-bond acceptors (Lipinski definition) is 1. The maximum Gasteiger partial charge on any atom is 0.253 e. The van der Waals surface area contributed by atoms with Gasteiger partial charge >= 0.3 is 0 Å². The molecule has 24 heavy (non-hydrogen) atoms. The molecule has 0 fully saturated rings. The average Bonchev–Trinajstić information content (AvgIpc) is 2.94. The summed E-state index contributed by atoms with van der Waals surface area (Å²) < 4.78 is 0. The number of carbonyl (C=O) groups excluding carboxylic acids is 1. The fourth-order valence-corrected chi connectivity index (χ4v) is 3.82. The van der Waals surface area contributed by atoms with Crippen LogP contribution in [0.4, 0.5) is 0 Å². The Kier molecular flexibility index (Phi) is 3.99. The zero-order valence-electron chi connectivity index (χ0n) is 12.9. The normalized spacial score (nSPS) is 16.8. The van der Waals surface area contributed by atoms with Gasteiger partial charge in [-0.3, -0.25) is 4.79 Å². The number of aromatic amines is 1. The second kappa shape index (κ2) is 6.15. The molecule has 2 aromatic carbocycles. The Labute approximate surface area is 150 Å². The van der Waals surface area contributed by atoms with Gasteiger partial charge in [-0.2, -0.15) is 0 Å². The molecular formula is C19H16Cl2N2O. The van der Waals surface area contributed by atoms with E-state index in [1.54, 1.807) is 18.2 Å². The molecule has 1 heterocycles. The first kappa shape index (κ1) is 15.6. The number of amides is 1. The van der Waals surface area contributed by atoms with Crippen LogP contribution in [0, 0.1) is 0 Å². The highest BCUT2D eigenvalue weighted by atomic mass is 35.5. The van der Waals surface area contributed by atoms with Crippen LogP contribution in [0.2, 0.25) is 10.0 Å². The summed E-state index contributed by atoms with van der Waals surface area (Å²) in [5.74, 6) is -0.174. The lowest BCUT2D eigenvalue weighted by molar-refractivity contribution is 0.0933. The zero-order valence-corrected chi connectivity index (χ0v) is 14.4. The Balaban J connectivity index is 1.55. The van der Waals surface area contributed by atoms with Gasteiger partial charge in [-0.1, -0.05) is 41.4 Å². The van der Waals surface area contributed by atoms with Crippen molar-refractivity contribution in [2.75, 3.05) is 0 Å². The predicted molar refractivity (Wildman–Crippen MR) is 98.0 cm³/mol. The highest BCUT2D eigenvalue weighted by Crippen LogP contribution is 2.29. The summed E-state index contributed by atoms with van der Waals surface area (Å²) in [5, 5.41) is 5.30. The van der Waals surface area contributed by atoms with Gasteiger partial charge in [0.1, 0.15) is 0 Å². The van der Waals surface area contributed by atoms with Crippen molar-refractivity contribution in [3.05, 3.63) is 69.3 Å². The largest absolute Gasteiger partial charge is 0.358 e. The van der Waals surface area contributed by atoms with Crippen LogP contribution in [0.15, 0.2) is 42.5 Å². The van der Waals surface area contributed by atoms with E-state index in [0.717, 1.165) is 24.8 Å². The van der Waals surface area contributed by atoms with Crippen LogP contribution >= 0.6 is 23.2 Å². The highest BCUT2D eigenvalue weighted by molar-refractivity contribution is 6.35. The Morgan fingerprint density at radius 1 is 1.17 bits per heavy atom. The van der Waals surface area contributed by atoms with Crippen molar-refractivity contribution >= 4 is 40.0 Å². The first-order chi connectivity index (χ1) is 11.6. The predicted octanol–water partition coefficient (Wildman–Crippen LogP) is 4.76. The molecule has 0 saturated carbocycles. The van der Waals surface area contributed by atoms with Crippen molar-refractivity contribution in [2.45, 2.75) is 25.3 Å². The van der Waals surface area contributed by atoms with Gasteiger partial charge in [0, 0.05) is 34.1 Å². The van der Waals surface area contributed by atoms with Crippen LogP contribution in [0.5, 0.6) is 0 Å². The maximum absolute atomic E-state index is 12.5. The first-order valence-electron chi connectivity index (χ1n) is 7.96. The molecule has 0 aliphatic heterocycles. The third-order valence-electron chi connectivity index (χ3n) is 4.60. The number of nitrogens with one attached hydrogen (secondary N) is 2. The zero-order chi connectivity index (χ0) is 16.7. The molecule has 0 radical (unpaired) electrons. The summed E-state index contributed by atoms with van der Waals surface area (Å²) in [5.41, 5.74) is 4.17. The van der Waals surface area contributed by atoms with E-state index in [2.05, 4.69) is 28.5 Å². The molecule has 0 saturated heterocycles. The Hall–Kier alpha value is -1.97. The topological polar surface area (TPSA) is 44.9 Å². The number of H-pyrrole nitrogens is 1. The lowest BCUT2D eigenvalue weighted by atomic mass is 9.91. The van der Waals surface area contributed by atoms with Gasteiger partial charge in [0.05, 0.1) is 10.6 Å². The summed E-state index contributed by atoms with van der Waals surface area (Å²) >= 11 is 12.1. The van der Waals surface area contributed by atoms with Gasteiger partial charge in [-0.25, -0.2) is 0 Å². The molecule has 122 valence electrons. The average molecular weight is 359 g/mol. The molecule has 4 rings (SSSR count). The van der Waals surface area contributed by atoms with Gasteiger partial charge in [-0.05, 0) is 42.7 Å². The maximum atomic E-state index is 12.5. The summed E-state index contributed by atoms with van der Waals surface area (Å²) in [6.07, 6.45) is 2.67. The number of halogens is 2. The molecular weight excluding hydrogens is 343 g/mol. The van der Waals surface area contributed by atoms with Gasteiger partial charge in [0.2, 0.25) is 0 Å². The number of aryl methyl sites for hydroxylation is 1. The first-order valence-corrected chi connectivity index (χ1v) is 8.72.